The van der Waals surface area contributed by atoms with E-state index in [-0.39, 0.29) is 5.91 Å². The lowest BCUT2D eigenvalue weighted by atomic mass is 9.94. The van der Waals surface area contributed by atoms with Crippen LogP contribution in [0.15, 0.2) is 48.9 Å². The number of hydrogen-bond donors (Lipinski definition) is 1. The van der Waals surface area contributed by atoms with Gasteiger partial charge in [-0.05, 0) is 30.3 Å². The molecular formula is C26H25N5O4. The van der Waals surface area contributed by atoms with E-state index in [0.717, 1.165) is 39.7 Å². The van der Waals surface area contributed by atoms with E-state index in [9.17, 15) is 9.59 Å². The minimum Gasteiger partial charge on any atom is -0.378 e. The van der Waals surface area contributed by atoms with Crippen LogP contribution in [-0.4, -0.2) is 52.0 Å². The lowest BCUT2D eigenvalue weighted by molar-refractivity contribution is -0.114. The Morgan fingerprint density at radius 3 is 2.71 bits per heavy atom. The zero-order valence-electron chi connectivity index (χ0n) is 19.7. The van der Waals surface area contributed by atoms with Crippen molar-refractivity contribution in [2.45, 2.75) is 18.9 Å². The minimum absolute atomic E-state index is 0.190. The van der Waals surface area contributed by atoms with Crippen LogP contribution in [0.3, 0.4) is 0 Å². The summed E-state index contributed by atoms with van der Waals surface area (Å²) in [7, 11) is 3.61. The first-order valence-electron chi connectivity index (χ1n) is 11.2. The van der Waals surface area contributed by atoms with Crippen molar-refractivity contribution in [2.75, 3.05) is 25.6 Å². The molecule has 1 aliphatic heterocycles. The van der Waals surface area contributed by atoms with E-state index in [1.165, 1.54) is 6.92 Å². The fourth-order valence-corrected chi connectivity index (χ4v) is 4.44. The zero-order valence-corrected chi connectivity index (χ0v) is 19.7. The first-order chi connectivity index (χ1) is 16.9. The Hall–Kier alpha value is -3.95. The van der Waals surface area contributed by atoms with Crippen LogP contribution in [0.5, 0.6) is 0 Å². The molecule has 1 fully saturated rings. The van der Waals surface area contributed by atoms with Gasteiger partial charge in [-0.1, -0.05) is 0 Å². The summed E-state index contributed by atoms with van der Waals surface area (Å²) in [6.45, 7) is 2.44. The van der Waals surface area contributed by atoms with E-state index in [4.69, 9.17) is 14.5 Å². The predicted molar refractivity (Wildman–Crippen MR) is 131 cm³/mol. The van der Waals surface area contributed by atoms with Crippen molar-refractivity contribution < 1.29 is 19.1 Å². The van der Waals surface area contributed by atoms with Gasteiger partial charge in [0.1, 0.15) is 11.4 Å². The molecule has 1 saturated heterocycles. The Balaban J connectivity index is 1.72. The standard InChI is InChI=1S/C26H25N5O4/c1-16(33)29-25-10-19-20(13-31(2)23(19)12-28-25)22-8-18(21-5-4-17(14-32)11-27-21)9-24(30-22)26(34-3)6-7-35-15-26/h4-5,8-14H,6-7,15H2,1-3H3,(H,28,29,33)/t26-/m1/s1. The number of carbonyl (C=O) groups excluding carboxylic acids is 2. The molecule has 1 atom stereocenters. The molecule has 0 unspecified atom stereocenters. The smallest absolute Gasteiger partial charge is 0.222 e. The van der Waals surface area contributed by atoms with Gasteiger partial charge in [0.05, 0.1) is 35.4 Å². The van der Waals surface area contributed by atoms with E-state index >= 15 is 0 Å². The highest BCUT2D eigenvalue weighted by Gasteiger charge is 2.39. The number of fused-ring (bicyclic) bond motifs is 1. The van der Waals surface area contributed by atoms with Gasteiger partial charge in [-0.25, -0.2) is 9.97 Å². The van der Waals surface area contributed by atoms with Crippen molar-refractivity contribution in [1.29, 1.82) is 0 Å². The van der Waals surface area contributed by atoms with E-state index in [1.807, 2.05) is 42.1 Å². The van der Waals surface area contributed by atoms with Gasteiger partial charge in [0.15, 0.2) is 6.29 Å². The second kappa shape index (κ2) is 9.01. The normalized spacial score (nSPS) is 17.6. The number of pyridine rings is 3. The van der Waals surface area contributed by atoms with Gasteiger partial charge in [-0.2, -0.15) is 0 Å². The molecular weight excluding hydrogens is 446 g/mol. The maximum atomic E-state index is 11.6. The molecule has 1 N–H and O–H groups in total. The SMILES string of the molecule is CO[C@]1(c2cc(-c3ccc(C=O)cn3)cc(-c3cn(C)c4cnc(NC(C)=O)cc34)n2)CCOC1. The molecule has 0 radical (unpaired) electrons. The summed E-state index contributed by atoms with van der Waals surface area (Å²) in [5.74, 6) is 0.280. The Morgan fingerprint density at radius 2 is 2.06 bits per heavy atom. The van der Waals surface area contributed by atoms with Crippen LogP contribution >= 0.6 is 0 Å². The molecule has 0 aliphatic carbocycles. The minimum atomic E-state index is -0.666. The fourth-order valence-electron chi connectivity index (χ4n) is 4.44. The highest BCUT2D eigenvalue weighted by molar-refractivity contribution is 5.98. The first-order valence-corrected chi connectivity index (χ1v) is 11.2. The van der Waals surface area contributed by atoms with E-state index in [2.05, 4.69) is 15.3 Å². The van der Waals surface area contributed by atoms with Gasteiger partial charge >= 0.3 is 0 Å². The number of aromatic nitrogens is 4. The number of hydrogen-bond acceptors (Lipinski definition) is 7. The summed E-state index contributed by atoms with van der Waals surface area (Å²) < 4.78 is 13.6. The number of amides is 1. The molecule has 5 heterocycles. The summed E-state index contributed by atoms with van der Waals surface area (Å²) >= 11 is 0. The summed E-state index contributed by atoms with van der Waals surface area (Å²) in [5, 5.41) is 3.65. The molecule has 0 bridgehead atoms. The highest BCUT2D eigenvalue weighted by Crippen LogP contribution is 2.38. The molecule has 4 aromatic heterocycles. The zero-order chi connectivity index (χ0) is 24.6. The molecule has 4 aromatic rings. The van der Waals surface area contributed by atoms with E-state index in [1.54, 1.807) is 25.6 Å². The van der Waals surface area contributed by atoms with Crippen LogP contribution in [0.2, 0.25) is 0 Å². The average Bonchev–Trinajstić information content (AvgIpc) is 3.49. The topological polar surface area (TPSA) is 108 Å². The summed E-state index contributed by atoms with van der Waals surface area (Å²) in [6.07, 6.45) is 6.73. The largest absolute Gasteiger partial charge is 0.378 e. The van der Waals surface area contributed by atoms with Crippen LogP contribution in [0, 0.1) is 0 Å². The van der Waals surface area contributed by atoms with Crippen LogP contribution < -0.4 is 5.32 Å². The molecule has 1 amide bonds. The molecule has 1 aliphatic rings. The number of methoxy groups -OCH3 is 1. The quantitative estimate of drug-likeness (QED) is 0.427. The number of ether oxygens (including phenoxy) is 2. The van der Waals surface area contributed by atoms with Crippen LogP contribution in [-0.2, 0) is 26.9 Å². The predicted octanol–water partition coefficient (Wildman–Crippen LogP) is 3.73. The Kier molecular flexibility index (Phi) is 5.88. The maximum absolute atomic E-state index is 11.6. The molecule has 9 heteroatoms. The molecule has 0 aromatic carbocycles. The van der Waals surface area contributed by atoms with Crippen LogP contribution in [0.1, 0.15) is 29.4 Å². The van der Waals surface area contributed by atoms with Crippen molar-refractivity contribution in [3.63, 3.8) is 0 Å². The molecule has 35 heavy (non-hydrogen) atoms. The molecule has 0 spiro atoms. The Morgan fingerprint density at radius 1 is 1.20 bits per heavy atom. The Bertz CT molecular complexity index is 1420. The summed E-state index contributed by atoms with van der Waals surface area (Å²) in [5.41, 5.74) is 4.67. The van der Waals surface area contributed by atoms with Crippen molar-refractivity contribution in [1.82, 2.24) is 19.5 Å². The number of rotatable bonds is 6. The Labute approximate surface area is 202 Å². The second-order valence-corrected chi connectivity index (χ2v) is 8.64. The molecule has 9 nitrogen and oxygen atoms in total. The number of aryl methyl sites for hydroxylation is 1. The lowest BCUT2D eigenvalue weighted by Gasteiger charge is -2.26. The van der Waals surface area contributed by atoms with Crippen molar-refractivity contribution >= 4 is 28.9 Å². The van der Waals surface area contributed by atoms with Crippen molar-refractivity contribution in [3.05, 3.63) is 60.2 Å². The number of aldehydes is 1. The molecule has 178 valence electrons. The third-order valence-electron chi connectivity index (χ3n) is 6.34. The first kappa shape index (κ1) is 22.8. The van der Waals surface area contributed by atoms with E-state index in [0.29, 0.717) is 36.7 Å². The number of nitrogens with one attached hydrogen (secondary N) is 1. The molecule has 0 saturated carbocycles. The third kappa shape index (κ3) is 4.20. The van der Waals surface area contributed by atoms with Gasteiger partial charge in [-0.3, -0.25) is 14.6 Å². The van der Waals surface area contributed by atoms with Crippen molar-refractivity contribution in [3.8, 4) is 22.5 Å². The monoisotopic (exact) mass is 471 g/mol. The lowest BCUT2D eigenvalue weighted by Crippen LogP contribution is -2.30. The molecule has 5 rings (SSSR count). The third-order valence-corrected chi connectivity index (χ3v) is 6.34. The fraction of sp³-hybridized carbons (Fsp3) is 0.269. The highest BCUT2D eigenvalue weighted by atomic mass is 16.5. The maximum Gasteiger partial charge on any atom is 0.222 e. The summed E-state index contributed by atoms with van der Waals surface area (Å²) in [4.78, 5) is 36.6. The second-order valence-electron chi connectivity index (χ2n) is 8.64. The number of anilines is 1. The number of carbonyl (C=O) groups is 2. The summed E-state index contributed by atoms with van der Waals surface area (Å²) in [6, 6.07) is 9.35. The van der Waals surface area contributed by atoms with E-state index < -0.39 is 5.60 Å². The van der Waals surface area contributed by atoms with Crippen molar-refractivity contribution in [2.24, 2.45) is 7.05 Å². The van der Waals surface area contributed by atoms with Gasteiger partial charge in [0.25, 0.3) is 0 Å². The van der Waals surface area contributed by atoms with Crippen LogP contribution in [0.4, 0.5) is 5.82 Å². The average molecular weight is 472 g/mol. The van der Waals surface area contributed by atoms with Crippen LogP contribution in [0.25, 0.3) is 33.4 Å². The van der Waals surface area contributed by atoms with Gasteiger partial charge < -0.3 is 19.4 Å². The van der Waals surface area contributed by atoms with Gasteiger partial charge in [0.2, 0.25) is 5.91 Å². The number of nitrogens with zero attached hydrogens (tertiary/aromatic N) is 4. The van der Waals surface area contributed by atoms with Gasteiger partial charge in [-0.15, -0.1) is 0 Å². The van der Waals surface area contributed by atoms with Gasteiger partial charge in [0, 0.05) is 68.6 Å².